The lowest BCUT2D eigenvalue weighted by Crippen LogP contribution is -2.47. The van der Waals surface area contributed by atoms with Crippen molar-refractivity contribution in [2.75, 3.05) is 20.1 Å². The second kappa shape index (κ2) is 8.09. The lowest BCUT2D eigenvalue weighted by atomic mass is 9.83. The molecule has 1 fully saturated rings. The third kappa shape index (κ3) is 4.22. The summed E-state index contributed by atoms with van der Waals surface area (Å²) in [6, 6.07) is 4.20. The van der Waals surface area contributed by atoms with Crippen molar-refractivity contribution in [1.82, 2.24) is 29.3 Å². The van der Waals surface area contributed by atoms with E-state index in [9.17, 15) is 4.79 Å². The minimum Gasteiger partial charge on any atom is -0.449 e. The molecule has 3 aromatic heterocycles. The number of imidazole rings is 1. The first kappa shape index (κ1) is 20.2. The molecule has 1 saturated heterocycles. The van der Waals surface area contributed by atoms with Crippen LogP contribution < -0.4 is 5.56 Å². The van der Waals surface area contributed by atoms with E-state index in [4.69, 9.17) is 4.42 Å². The molecule has 2 atom stereocenters. The SMILES string of the molecule is Cc1cnc(CN(C)Cc2ccc3n(c2=O)C[C@H]2C[C@@H]3CN(Cc3coc(C)n3)C2)[nH]1. The van der Waals surface area contributed by atoms with Crippen molar-refractivity contribution >= 4 is 0 Å². The molecule has 3 aromatic rings. The number of hydrogen-bond donors (Lipinski definition) is 1. The number of aromatic nitrogens is 4. The van der Waals surface area contributed by atoms with E-state index in [0.717, 1.165) is 55.4 Å². The highest BCUT2D eigenvalue weighted by Gasteiger charge is 2.35. The van der Waals surface area contributed by atoms with Crippen LogP contribution in [0.25, 0.3) is 0 Å². The van der Waals surface area contributed by atoms with E-state index in [1.54, 1.807) is 6.26 Å². The molecule has 8 nitrogen and oxygen atoms in total. The molecule has 2 aliphatic heterocycles. The molecule has 164 valence electrons. The van der Waals surface area contributed by atoms with Crippen molar-refractivity contribution in [2.24, 2.45) is 5.92 Å². The molecular formula is C23H30N6O2. The number of likely N-dealkylation sites (tertiary alicyclic amines) is 1. The predicted octanol–water partition coefficient (Wildman–Crippen LogP) is 2.43. The monoisotopic (exact) mass is 422 g/mol. The minimum atomic E-state index is 0.162. The van der Waals surface area contributed by atoms with Gasteiger partial charge in [-0.2, -0.15) is 0 Å². The first-order valence-electron chi connectivity index (χ1n) is 11.0. The van der Waals surface area contributed by atoms with E-state index < -0.39 is 0 Å². The van der Waals surface area contributed by atoms with E-state index in [0.29, 0.717) is 30.8 Å². The smallest absolute Gasteiger partial charge is 0.255 e. The molecule has 0 unspecified atom stereocenters. The number of pyridine rings is 1. The fraction of sp³-hybridized carbons (Fsp3) is 0.522. The Morgan fingerprint density at radius 3 is 2.84 bits per heavy atom. The minimum absolute atomic E-state index is 0.162. The summed E-state index contributed by atoms with van der Waals surface area (Å²) >= 11 is 0. The first-order chi connectivity index (χ1) is 14.9. The van der Waals surface area contributed by atoms with Crippen molar-refractivity contribution in [3.8, 4) is 0 Å². The van der Waals surface area contributed by atoms with Gasteiger partial charge >= 0.3 is 0 Å². The molecule has 5 rings (SSSR count). The number of nitrogens with one attached hydrogen (secondary N) is 1. The number of rotatable bonds is 6. The Kier molecular flexibility index (Phi) is 5.27. The van der Waals surface area contributed by atoms with Crippen molar-refractivity contribution in [3.05, 3.63) is 69.3 Å². The molecular weight excluding hydrogens is 392 g/mol. The highest BCUT2D eigenvalue weighted by atomic mass is 16.3. The zero-order chi connectivity index (χ0) is 21.5. The number of nitrogens with zero attached hydrogens (tertiary/aromatic N) is 5. The molecule has 0 spiro atoms. The largest absolute Gasteiger partial charge is 0.449 e. The Balaban J connectivity index is 1.30. The summed E-state index contributed by atoms with van der Waals surface area (Å²) in [6.45, 7) is 8.74. The third-order valence-corrected chi connectivity index (χ3v) is 6.43. The number of aromatic amines is 1. The van der Waals surface area contributed by atoms with Crippen LogP contribution in [0, 0.1) is 19.8 Å². The molecule has 8 heteroatoms. The number of H-pyrrole nitrogens is 1. The molecule has 0 aliphatic carbocycles. The van der Waals surface area contributed by atoms with Crippen molar-refractivity contribution in [2.45, 2.75) is 52.4 Å². The van der Waals surface area contributed by atoms with Crippen molar-refractivity contribution in [1.29, 1.82) is 0 Å². The third-order valence-electron chi connectivity index (χ3n) is 6.43. The van der Waals surface area contributed by atoms with Gasteiger partial charge in [-0.3, -0.25) is 14.6 Å². The fourth-order valence-electron chi connectivity index (χ4n) is 5.20. The quantitative estimate of drug-likeness (QED) is 0.657. The van der Waals surface area contributed by atoms with Gasteiger partial charge in [0.25, 0.3) is 5.56 Å². The standard InChI is InChI=1S/C23H30N6O2/c1-15-7-24-22(25-15)13-27(3)10-18-4-5-21-19-6-17(9-29(21)23(18)30)8-28(11-19)12-20-14-31-16(2)26-20/h4-5,7,14,17,19H,6,8-13H2,1-3H3,(H,24,25)/t17-,19+/m0/s1. The van der Waals surface area contributed by atoms with E-state index >= 15 is 0 Å². The van der Waals surface area contributed by atoms with Gasteiger partial charge in [0.1, 0.15) is 12.1 Å². The zero-order valence-electron chi connectivity index (χ0n) is 18.5. The lowest BCUT2D eigenvalue weighted by Gasteiger charge is -2.42. The summed E-state index contributed by atoms with van der Waals surface area (Å²) in [7, 11) is 2.03. The van der Waals surface area contributed by atoms with Gasteiger partial charge in [-0.25, -0.2) is 9.97 Å². The average Bonchev–Trinajstić information content (AvgIpc) is 3.32. The number of oxazole rings is 1. The Bertz CT molecular complexity index is 1130. The van der Waals surface area contributed by atoms with Gasteiger partial charge in [0.15, 0.2) is 5.89 Å². The molecule has 1 N–H and O–H groups in total. The van der Waals surface area contributed by atoms with Gasteiger partial charge in [-0.15, -0.1) is 0 Å². The molecule has 0 aromatic carbocycles. The highest BCUT2D eigenvalue weighted by molar-refractivity contribution is 5.22. The van der Waals surface area contributed by atoms with Crippen molar-refractivity contribution in [3.63, 3.8) is 0 Å². The molecule has 5 heterocycles. The average molecular weight is 423 g/mol. The van der Waals surface area contributed by atoms with Crippen LogP contribution in [0.15, 0.2) is 33.8 Å². The van der Waals surface area contributed by atoms with Crippen LogP contribution >= 0.6 is 0 Å². The Labute approximate surface area is 181 Å². The van der Waals surface area contributed by atoms with Crippen LogP contribution in [-0.2, 0) is 26.2 Å². The van der Waals surface area contributed by atoms with Gasteiger partial charge in [-0.05, 0) is 32.4 Å². The normalized spacial score (nSPS) is 20.9. The predicted molar refractivity (Wildman–Crippen MR) is 117 cm³/mol. The fourth-order valence-corrected chi connectivity index (χ4v) is 5.20. The van der Waals surface area contributed by atoms with Crippen LogP contribution in [0.1, 0.15) is 46.7 Å². The Morgan fingerprint density at radius 1 is 1.23 bits per heavy atom. The second-order valence-corrected chi connectivity index (χ2v) is 9.23. The maximum Gasteiger partial charge on any atom is 0.255 e. The molecule has 0 radical (unpaired) electrons. The van der Waals surface area contributed by atoms with Crippen molar-refractivity contribution < 1.29 is 4.42 Å². The molecule has 0 amide bonds. The first-order valence-corrected chi connectivity index (χ1v) is 11.0. The summed E-state index contributed by atoms with van der Waals surface area (Å²) in [5, 5.41) is 0. The van der Waals surface area contributed by atoms with Gasteiger partial charge in [-0.1, -0.05) is 6.07 Å². The highest BCUT2D eigenvalue weighted by Crippen LogP contribution is 2.35. The van der Waals surface area contributed by atoms with Gasteiger partial charge in [0.2, 0.25) is 0 Å². The van der Waals surface area contributed by atoms with Gasteiger partial charge < -0.3 is 14.0 Å². The van der Waals surface area contributed by atoms with E-state index in [1.807, 2.05) is 37.7 Å². The molecule has 2 bridgehead atoms. The van der Waals surface area contributed by atoms with Crippen LogP contribution in [0.2, 0.25) is 0 Å². The lowest BCUT2D eigenvalue weighted by molar-refractivity contribution is 0.113. The number of hydrogen-bond acceptors (Lipinski definition) is 6. The Hall–Kier alpha value is -2.71. The zero-order valence-corrected chi connectivity index (χ0v) is 18.5. The second-order valence-electron chi connectivity index (χ2n) is 9.23. The van der Waals surface area contributed by atoms with Gasteiger partial charge in [0.05, 0.1) is 12.2 Å². The molecule has 31 heavy (non-hydrogen) atoms. The van der Waals surface area contributed by atoms with Crippen LogP contribution in [-0.4, -0.2) is 49.5 Å². The summed E-state index contributed by atoms with van der Waals surface area (Å²) in [5.74, 6) is 2.53. The van der Waals surface area contributed by atoms with Crippen LogP contribution in [0.3, 0.4) is 0 Å². The summed E-state index contributed by atoms with van der Waals surface area (Å²) < 4.78 is 7.40. The van der Waals surface area contributed by atoms with E-state index in [-0.39, 0.29) is 5.56 Å². The number of fused-ring (bicyclic) bond motifs is 4. The maximum atomic E-state index is 13.3. The number of piperidine rings is 1. The Morgan fingerprint density at radius 2 is 2.10 bits per heavy atom. The van der Waals surface area contributed by atoms with E-state index in [2.05, 4.69) is 30.8 Å². The summed E-state index contributed by atoms with van der Waals surface area (Å²) in [5.41, 5.74) is 4.23. The maximum absolute atomic E-state index is 13.3. The summed E-state index contributed by atoms with van der Waals surface area (Å²) in [4.78, 5) is 30.0. The van der Waals surface area contributed by atoms with Gasteiger partial charge in [0, 0.05) is 68.7 Å². The topological polar surface area (TPSA) is 83.2 Å². The molecule has 0 saturated carbocycles. The summed E-state index contributed by atoms with van der Waals surface area (Å²) in [6.07, 6.45) is 4.75. The van der Waals surface area contributed by atoms with E-state index in [1.165, 1.54) is 5.69 Å². The van der Waals surface area contributed by atoms with Crippen LogP contribution in [0.5, 0.6) is 0 Å². The molecule has 2 aliphatic rings. The van der Waals surface area contributed by atoms with Crippen LogP contribution in [0.4, 0.5) is 0 Å². The number of aryl methyl sites for hydroxylation is 2.